The minimum atomic E-state index is -4.72. The molecule has 5 aromatic rings. The highest BCUT2D eigenvalue weighted by molar-refractivity contribution is 6.35. The van der Waals surface area contributed by atoms with Crippen molar-refractivity contribution >= 4 is 39.2 Å². The molecule has 0 radical (unpaired) electrons. The SMILES string of the molecule is CCNCC.CCc1c2c(nn1C)C(C(F)(F)F)OCCCCn1c(C(=O)O)c(CCCOc3cccc4ccccc34)c3ccc(Cl)c-2c31. The Kier molecular flexibility index (Phi) is 12.1. The van der Waals surface area contributed by atoms with Crippen molar-refractivity contribution < 1.29 is 32.5 Å². The molecule has 1 aliphatic rings. The van der Waals surface area contributed by atoms with Gasteiger partial charge in [0, 0.05) is 47.8 Å². The number of aromatic carboxylic acids is 1. The largest absolute Gasteiger partial charge is 0.493 e. The summed E-state index contributed by atoms with van der Waals surface area (Å²) in [6, 6.07) is 17.2. The number of benzene rings is 3. The van der Waals surface area contributed by atoms with Crippen LogP contribution in [0.2, 0.25) is 5.02 Å². The van der Waals surface area contributed by atoms with E-state index in [2.05, 4.69) is 24.3 Å². The number of fused-ring (bicyclic) bond motifs is 3. The molecule has 12 heteroatoms. The first-order valence-corrected chi connectivity index (χ1v) is 17.5. The number of rotatable bonds is 9. The number of nitrogens with one attached hydrogen (secondary N) is 1. The lowest BCUT2D eigenvalue weighted by atomic mass is 9.95. The molecule has 0 bridgehead atoms. The lowest BCUT2D eigenvalue weighted by molar-refractivity contribution is -0.225. The second kappa shape index (κ2) is 16.3. The van der Waals surface area contributed by atoms with Gasteiger partial charge in [0.25, 0.3) is 0 Å². The fraction of sp³-hybridized carbons (Fsp3) is 0.421. The molecule has 0 saturated carbocycles. The number of aromatic nitrogens is 3. The molecule has 8 nitrogen and oxygen atoms in total. The first kappa shape index (κ1) is 37.2. The zero-order valence-corrected chi connectivity index (χ0v) is 29.6. The molecule has 0 aliphatic carbocycles. The van der Waals surface area contributed by atoms with Gasteiger partial charge in [-0.2, -0.15) is 18.3 Å². The van der Waals surface area contributed by atoms with Gasteiger partial charge in [-0.1, -0.05) is 74.8 Å². The standard InChI is InChI=1S/C34H33ClF3N3O4.C4H11N/c1-3-25-28-27-24(35)16-15-23-22(13-9-19-44-26-14-8-11-20-10-4-5-12-21(20)26)31(33(42)43)41(30(23)27)17-6-7-18-45-32(34(36,37)38)29(28)39-40(25)2;1-3-5-4-2/h4-5,8,10-12,14-16,32H,3,6-7,9,13,17-19H2,1-2H3,(H,42,43);5H,3-4H2,1-2H3. The summed E-state index contributed by atoms with van der Waals surface area (Å²) in [5.74, 6) is -0.366. The van der Waals surface area contributed by atoms with Crippen LogP contribution in [-0.2, 0) is 31.2 Å². The molecule has 2 aromatic heterocycles. The van der Waals surface area contributed by atoms with Crippen LogP contribution in [-0.4, -0.2) is 57.9 Å². The molecule has 1 atom stereocenters. The van der Waals surface area contributed by atoms with Crippen molar-refractivity contribution in [3.8, 4) is 16.9 Å². The van der Waals surface area contributed by atoms with Gasteiger partial charge in [0.05, 0.1) is 17.1 Å². The third kappa shape index (κ3) is 7.65. The van der Waals surface area contributed by atoms with Gasteiger partial charge in [0.15, 0.2) is 6.10 Å². The maximum absolute atomic E-state index is 14.5. The van der Waals surface area contributed by atoms with Gasteiger partial charge in [-0.25, -0.2) is 4.79 Å². The van der Waals surface area contributed by atoms with Crippen LogP contribution >= 0.6 is 11.6 Å². The summed E-state index contributed by atoms with van der Waals surface area (Å²) < 4.78 is 58.1. The molecular weight excluding hydrogens is 669 g/mol. The van der Waals surface area contributed by atoms with Gasteiger partial charge >= 0.3 is 12.1 Å². The van der Waals surface area contributed by atoms with Crippen LogP contribution in [0, 0.1) is 0 Å². The predicted octanol–water partition coefficient (Wildman–Crippen LogP) is 9.15. The van der Waals surface area contributed by atoms with Crippen molar-refractivity contribution in [2.24, 2.45) is 7.05 Å². The number of hydrogen-bond donors (Lipinski definition) is 2. The molecule has 50 heavy (non-hydrogen) atoms. The van der Waals surface area contributed by atoms with Gasteiger partial charge in [-0.05, 0) is 68.3 Å². The molecule has 3 aromatic carbocycles. The van der Waals surface area contributed by atoms with Gasteiger partial charge in [-0.3, -0.25) is 4.68 Å². The Labute approximate surface area is 295 Å². The number of nitrogens with zero attached hydrogens (tertiary/aromatic N) is 3. The molecule has 268 valence electrons. The van der Waals surface area contributed by atoms with Crippen LogP contribution in [0.25, 0.3) is 32.8 Å². The maximum Gasteiger partial charge on any atom is 0.420 e. The average Bonchev–Trinajstić information content (AvgIpc) is 3.57. The van der Waals surface area contributed by atoms with E-state index < -0.39 is 18.2 Å². The third-order valence-corrected chi connectivity index (χ3v) is 9.26. The monoisotopic (exact) mass is 712 g/mol. The van der Waals surface area contributed by atoms with Crippen LogP contribution < -0.4 is 10.1 Å². The first-order valence-electron chi connectivity index (χ1n) is 17.2. The van der Waals surface area contributed by atoms with Crippen LogP contribution in [0.15, 0.2) is 54.6 Å². The summed E-state index contributed by atoms with van der Waals surface area (Å²) in [7, 11) is 1.60. The zero-order chi connectivity index (χ0) is 36.0. The predicted molar refractivity (Wildman–Crippen MR) is 191 cm³/mol. The number of halogens is 4. The summed E-state index contributed by atoms with van der Waals surface area (Å²) in [6.07, 6.45) is -4.98. The third-order valence-electron chi connectivity index (χ3n) is 8.94. The van der Waals surface area contributed by atoms with E-state index in [1.807, 2.05) is 49.4 Å². The average molecular weight is 713 g/mol. The molecule has 0 amide bonds. The fourth-order valence-electron chi connectivity index (χ4n) is 6.80. The van der Waals surface area contributed by atoms with E-state index in [0.717, 1.165) is 29.6 Å². The normalized spacial score (nSPS) is 14.9. The van der Waals surface area contributed by atoms with Crippen LogP contribution in [0.4, 0.5) is 13.2 Å². The van der Waals surface area contributed by atoms with E-state index in [4.69, 9.17) is 21.1 Å². The Morgan fingerprint density at radius 3 is 2.46 bits per heavy atom. The maximum atomic E-state index is 14.5. The quantitative estimate of drug-likeness (QED) is 0.148. The van der Waals surface area contributed by atoms with Crippen LogP contribution in [0.1, 0.15) is 73.6 Å². The van der Waals surface area contributed by atoms with E-state index in [0.29, 0.717) is 66.4 Å². The molecular formula is C38H44ClF3N4O4. The van der Waals surface area contributed by atoms with E-state index in [1.165, 1.54) is 4.68 Å². The van der Waals surface area contributed by atoms with Crippen molar-refractivity contribution in [1.29, 1.82) is 0 Å². The molecule has 3 heterocycles. The minimum Gasteiger partial charge on any atom is -0.493 e. The molecule has 1 aliphatic heterocycles. The molecule has 6 rings (SSSR count). The number of ether oxygens (including phenoxy) is 2. The molecule has 2 N–H and O–H groups in total. The summed E-state index contributed by atoms with van der Waals surface area (Å²) in [4.78, 5) is 12.9. The molecule has 0 saturated heterocycles. The topological polar surface area (TPSA) is 90.5 Å². The molecule has 1 unspecified atom stereocenters. The summed E-state index contributed by atoms with van der Waals surface area (Å²) in [5, 5.41) is 20.9. The van der Waals surface area contributed by atoms with Gasteiger partial charge in [0.2, 0.25) is 0 Å². The zero-order valence-electron chi connectivity index (χ0n) is 28.9. The number of hydrogen-bond acceptors (Lipinski definition) is 5. The van der Waals surface area contributed by atoms with Crippen molar-refractivity contribution in [3.05, 3.63) is 82.3 Å². The highest BCUT2D eigenvalue weighted by Crippen LogP contribution is 2.47. The van der Waals surface area contributed by atoms with Crippen molar-refractivity contribution in [2.45, 2.75) is 71.7 Å². The van der Waals surface area contributed by atoms with E-state index >= 15 is 0 Å². The van der Waals surface area contributed by atoms with Crippen LogP contribution in [0.5, 0.6) is 5.75 Å². The molecule has 0 spiro atoms. The number of alkyl halides is 3. The second-order valence-corrected chi connectivity index (χ2v) is 12.6. The van der Waals surface area contributed by atoms with Gasteiger partial charge in [-0.15, -0.1) is 0 Å². The Hall–Kier alpha value is -4.06. The Morgan fingerprint density at radius 1 is 1.04 bits per heavy atom. The fourth-order valence-corrected chi connectivity index (χ4v) is 7.05. The van der Waals surface area contributed by atoms with E-state index in [1.54, 1.807) is 23.7 Å². The smallest absolute Gasteiger partial charge is 0.420 e. The first-order chi connectivity index (χ1) is 24.0. The van der Waals surface area contributed by atoms with Gasteiger partial charge in [0.1, 0.15) is 17.1 Å². The van der Waals surface area contributed by atoms with Gasteiger partial charge < -0.3 is 24.5 Å². The second-order valence-electron chi connectivity index (χ2n) is 12.2. The summed E-state index contributed by atoms with van der Waals surface area (Å²) in [6.45, 7) is 8.69. The molecule has 0 fully saturated rings. The highest BCUT2D eigenvalue weighted by Gasteiger charge is 2.46. The highest BCUT2D eigenvalue weighted by atomic mass is 35.5. The number of carbonyl (C=O) groups is 1. The number of aryl methyl sites for hydroxylation is 3. The summed E-state index contributed by atoms with van der Waals surface area (Å²) >= 11 is 6.84. The van der Waals surface area contributed by atoms with Crippen molar-refractivity contribution in [1.82, 2.24) is 19.7 Å². The Morgan fingerprint density at radius 2 is 1.78 bits per heavy atom. The lowest BCUT2D eigenvalue weighted by Crippen LogP contribution is -2.25. The Bertz CT molecular complexity index is 1950. The number of carboxylic acid groups (broad SMARTS) is 1. The summed E-state index contributed by atoms with van der Waals surface area (Å²) in [5.41, 5.74) is 2.06. The minimum absolute atomic E-state index is 0.106. The number of carboxylic acids is 1. The van der Waals surface area contributed by atoms with Crippen molar-refractivity contribution in [3.63, 3.8) is 0 Å². The van der Waals surface area contributed by atoms with E-state index in [9.17, 15) is 23.1 Å². The van der Waals surface area contributed by atoms with Crippen LogP contribution in [0.3, 0.4) is 0 Å². The van der Waals surface area contributed by atoms with E-state index in [-0.39, 0.29) is 35.1 Å². The Balaban J connectivity index is 0.000000908. The van der Waals surface area contributed by atoms with Crippen molar-refractivity contribution in [2.75, 3.05) is 26.3 Å². The lowest BCUT2D eigenvalue weighted by Gasteiger charge is -2.21.